The summed E-state index contributed by atoms with van der Waals surface area (Å²) in [4.78, 5) is 16.0. The van der Waals surface area contributed by atoms with Crippen LogP contribution in [0.2, 0.25) is 15.1 Å². The van der Waals surface area contributed by atoms with Crippen molar-refractivity contribution in [1.82, 2.24) is 10.2 Å². The van der Waals surface area contributed by atoms with Crippen LogP contribution >= 0.6 is 34.8 Å². The van der Waals surface area contributed by atoms with Gasteiger partial charge in [-0.25, -0.2) is 0 Å². The van der Waals surface area contributed by atoms with Gasteiger partial charge in [0, 0.05) is 30.8 Å². The highest BCUT2D eigenvalue weighted by atomic mass is 35.5. The molecule has 8 heteroatoms. The molecule has 0 bridgehead atoms. The molecule has 210 valence electrons. The molecule has 0 radical (unpaired) electrons. The van der Waals surface area contributed by atoms with Gasteiger partial charge in [-0.3, -0.25) is 4.79 Å². The molecule has 1 aliphatic carbocycles. The van der Waals surface area contributed by atoms with Gasteiger partial charge >= 0.3 is 0 Å². The van der Waals surface area contributed by atoms with Crippen LogP contribution in [0.3, 0.4) is 0 Å². The van der Waals surface area contributed by atoms with E-state index in [2.05, 4.69) is 42.3 Å². The van der Waals surface area contributed by atoms with Crippen LogP contribution in [-0.4, -0.2) is 43.2 Å². The van der Waals surface area contributed by atoms with E-state index in [0.717, 1.165) is 48.3 Å². The molecule has 0 unspecified atom stereocenters. The fraction of sp³-hybridized carbons (Fsp3) is 0.344. The molecule has 1 aliphatic heterocycles. The van der Waals surface area contributed by atoms with E-state index in [9.17, 15) is 4.79 Å². The number of carbonyl (C=O) groups is 1. The van der Waals surface area contributed by atoms with E-state index in [1.807, 2.05) is 24.3 Å². The molecule has 3 aromatic rings. The predicted molar refractivity (Wildman–Crippen MR) is 163 cm³/mol. The molecule has 3 aromatic carbocycles. The third-order valence-corrected chi connectivity index (χ3v) is 8.59. The molecule has 5 nitrogen and oxygen atoms in total. The number of benzene rings is 3. The average molecular weight is 600 g/mol. The van der Waals surface area contributed by atoms with Crippen molar-refractivity contribution < 1.29 is 14.3 Å². The minimum atomic E-state index is 0.143. The Morgan fingerprint density at radius 3 is 2.42 bits per heavy atom. The van der Waals surface area contributed by atoms with Crippen molar-refractivity contribution in [2.45, 2.75) is 45.7 Å². The van der Waals surface area contributed by atoms with Gasteiger partial charge in [0.1, 0.15) is 24.7 Å². The lowest BCUT2D eigenvalue weighted by Gasteiger charge is -2.29. The van der Waals surface area contributed by atoms with E-state index in [1.54, 1.807) is 12.1 Å². The quantitative estimate of drug-likeness (QED) is 0.192. The molecule has 0 aromatic heterocycles. The Labute approximate surface area is 251 Å². The van der Waals surface area contributed by atoms with Crippen LogP contribution < -0.4 is 14.8 Å². The fourth-order valence-corrected chi connectivity index (χ4v) is 5.57. The Morgan fingerprint density at radius 2 is 1.68 bits per heavy atom. The highest BCUT2D eigenvalue weighted by Crippen LogP contribution is 2.35. The van der Waals surface area contributed by atoms with Crippen LogP contribution in [0.25, 0.3) is 5.57 Å². The zero-order valence-corrected chi connectivity index (χ0v) is 25.0. The molecule has 1 heterocycles. The Kier molecular flexibility index (Phi) is 9.27. The number of carbonyl (C=O) groups excluding carboxylic acids is 1. The van der Waals surface area contributed by atoms with Crippen LogP contribution in [0.15, 0.2) is 60.2 Å². The van der Waals surface area contributed by atoms with Gasteiger partial charge in [0.2, 0.25) is 0 Å². The molecule has 1 fully saturated rings. The first-order valence-electron chi connectivity index (χ1n) is 13.6. The van der Waals surface area contributed by atoms with Crippen molar-refractivity contribution in [3.8, 4) is 11.5 Å². The Hall–Kier alpha value is -2.70. The van der Waals surface area contributed by atoms with Crippen molar-refractivity contribution in [3.63, 3.8) is 0 Å². The Bertz CT molecular complexity index is 1420. The van der Waals surface area contributed by atoms with Crippen molar-refractivity contribution in [3.05, 3.63) is 97.5 Å². The summed E-state index contributed by atoms with van der Waals surface area (Å²) in [5.41, 5.74) is 6.77. The van der Waals surface area contributed by atoms with Crippen LogP contribution in [-0.2, 0) is 11.3 Å². The summed E-state index contributed by atoms with van der Waals surface area (Å²) in [6, 6.07) is 17.8. The first-order chi connectivity index (χ1) is 19.3. The van der Waals surface area contributed by atoms with E-state index in [0.29, 0.717) is 53.2 Å². The number of nitrogens with zero attached hydrogens (tertiary/aromatic N) is 1. The lowest BCUT2D eigenvalue weighted by Crippen LogP contribution is -2.39. The predicted octanol–water partition coefficient (Wildman–Crippen LogP) is 7.66. The number of amides is 1. The molecule has 0 atom stereocenters. The molecule has 1 amide bonds. The Balaban J connectivity index is 1.26. The lowest BCUT2D eigenvalue weighted by atomic mass is 9.93. The summed E-state index contributed by atoms with van der Waals surface area (Å²) >= 11 is 18.2. The van der Waals surface area contributed by atoms with E-state index in [-0.39, 0.29) is 5.91 Å². The first-order valence-corrected chi connectivity index (χ1v) is 14.7. The smallest absolute Gasteiger partial charge is 0.251 e. The van der Waals surface area contributed by atoms with E-state index < -0.39 is 0 Å². The zero-order chi connectivity index (χ0) is 28.2. The molecule has 0 saturated heterocycles. The van der Waals surface area contributed by atoms with Gasteiger partial charge < -0.3 is 19.7 Å². The van der Waals surface area contributed by atoms with Gasteiger partial charge in [0.05, 0.1) is 15.1 Å². The summed E-state index contributed by atoms with van der Waals surface area (Å²) in [6.45, 7) is 6.98. The van der Waals surface area contributed by atoms with Crippen molar-refractivity contribution in [1.29, 1.82) is 0 Å². The summed E-state index contributed by atoms with van der Waals surface area (Å²) in [6.07, 6.45) is 2.95. The van der Waals surface area contributed by atoms with Crippen LogP contribution in [0, 0.1) is 13.8 Å². The highest BCUT2D eigenvalue weighted by Gasteiger charge is 2.35. The lowest BCUT2D eigenvalue weighted by molar-refractivity contribution is -0.128. The molecular formula is C32H33Cl3N2O3. The molecule has 40 heavy (non-hydrogen) atoms. The fourth-order valence-electron chi connectivity index (χ4n) is 4.98. The molecular weight excluding hydrogens is 567 g/mol. The second kappa shape index (κ2) is 12.9. The number of hydrogen-bond donors (Lipinski definition) is 1. The summed E-state index contributed by atoms with van der Waals surface area (Å²) in [7, 11) is 0. The molecule has 0 spiro atoms. The van der Waals surface area contributed by atoms with Gasteiger partial charge in [0.25, 0.3) is 5.91 Å². The van der Waals surface area contributed by atoms with Gasteiger partial charge in [-0.1, -0.05) is 65.1 Å². The normalized spacial score (nSPS) is 15.2. The minimum absolute atomic E-state index is 0.143. The van der Waals surface area contributed by atoms with E-state index >= 15 is 0 Å². The van der Waals surface area contributed by atoms with Crippen LogP contribution in [0.5, 0.6) is 11.5 Å². The van der Waals surface area contributed by atoms with E-state index in [4.69, 9.17) is 44.3 Å². The Morgan fingerprint density at radius 1 is 0.950 bits per heavy atom. The monoisotopic (exact) mass is 598 g/mol. The number of nitrogens with one attached hydrogen (secondary N) is 1. The van der Waals surface area contributed by atoms with Gasteiger partial charge in [0.15, 0.2) is 0 Å². The number of hydrogen-bond acceptors (Lipinski definition) is 4. The summed E-state index contributed by atoms with van der Waals surface area (Å²) in [5.74, 6) is 1.33. The van der Waals surface area contributed by atoms with Gasteiger partial charge in [-0.2, -0.15) is 0 Å². The standard InChI is InChI=1S/C32H33Cl3N2O3/c1-20-4-3-5-23(21(20)2)19-37(24-8-9-24)32(38)27-18-36-13-12-26(27)22-6-10-25(11-7-22)39-14-15-40-31-17-29(34)28(33)16-30(31)35/h3-7,10-11,16-17,24,36H,8-9,12-15,18-19H2,1-2H3. The number of halogens is 3. The van der Waals surface area contributed by atoms with Crippen molar-refractivity contribution >= 4 is 46.3 Å². The molecule has 1 saturated carbocycles. The van der Waals surface area contributed by atoms with E-state index in [1.165, 1.54) is 16.7 Å². The largest absolute Gasteiger partial charge is 0.490 e. The number of rotatable bonds is 10. The summed E-state index contributed by atoms with van der Waals surface area (Å²) < 4.78 is 11.6. The molecule has 5 rings (SSSR count). The minimum Gasteiger partial charge on any atom is -0.490 e. The molecule has 2 aliphatic rings. The first kappa shape index (κ1) is 28.8. The van der Waals surface area contributed by atoms with Gasteiger partial charge in [-0.05, 0) is 85.7 Å². The SMILES string of the molecule is Cc1cccc(CN(C(=O)C2=C(c3ccc(OCCOc4cc(Cl)c(Cl)cc4Cl)cc3)CCNC2)C2CC2)c1C. The second-order valence-electron chi connectivity index (χ2n) is 10.3. The highest BCUT2D eigenvalue weighted by molar-refractivity contribution is 6.43. The maximum atomic E-state index is 14.0. The maximum Gasteiger partial charge on any atom is 0.251 e. The van der Waals surface area contributed by atoms with Crippen molar-refractivity contribution in [2.75, 3.05) is 26.3 Å². The topological polar surface area (TPSA) is 50.8 Å². The summed E-state index contributed by atoms with van der Waals surface area (Å²) in [5, 5.41) is 4.57. The average Bonchev–Trinajstić information content (AvgIpc) is 3.80. The zero-order valence-electron chi connectivity index (χ0n) is 22.7. The van der Waals surface area contributed by atoms with Crippen molar-refractivity contribution in [2.24, 2.45) is 0 Å². The third kappa shape index (κ3) is 6.77. The molecule has 1 N–H and O–H groups in total. The van der Waals surface area contributed by atoms with Crippen LogP contribution in [0.4, 0.5) is 0 Å². The third-order valence-electron chi connectivity index (χ3n) is 7.57. The number of aryl methyl sites for hydroxylation is 1. The van der Waals surface area contributed by atoms with Crippen LogP contribution in [0.1, 0.15) is 41.5 Å². The van der Waals surface area contributed by atoms with Gasteiger partial charge in [-0.15, -0.1) is 0 Å². The number of ether oxygens (including phenoxy) is 2. The second-order valence-corrected chi connectivity index (χ2v) is 11.5. The maximum absolute atomic E-state index is 14.0.